The van der Waals surface area contributed by atoms with Gasteiger partial charge in [-0.2, -0.15) is 0 Å². The Morgan fingerprint density at radius 1 is 1.41 bits per heavy atom. The second kappa shape index (κ2) is 7.09. The molecular weight excluding hydrogens is 278 g/mol. The number of nitrogens with zero attached hydrogens (tertiary/aromatic N) is 3. The van der Waals surface area contributed by atoms with Gasteiger partial charge in [-0.05, 0) is 52.7 Å². The molecule has 0 aromatic carbocycles. The summed E-state index contributed by atoms with van der Waals surface area (Å²) >= 11 is 0. The summed E-state index contributed by atoms with van der Waals surface area (Å²) in [6, 6.07) is 1.54. The van der Waals surface area contributed by atoms with Crippen molar-refractivity contribution in [2.24, 2.45) is 13.0 Å². The maximum absolute atomic E-state index is 12.7. The van der Waals surface area contributed by atoms with Gasteiger partial charge in [0.05, 0.1) is 0 Å². The van der Waals surface area contributed by atoms with Gasteiger partial charge in [0.25, 0.3) is 5.91 Å². The van der Waals surface area contributed by atoms with Crippen LogP contribution in [-0.4, -0.2) is 54.0 Å². The first-order valence-electron chi connectivity index (χ1n) is 7.99. The molecule has 1 aliphatic rings. The van der Waals surface area contributed by atoms with E-state index in [0.29, 0.717) is 11.5 Å². The molecule has 22 heavy (non-hydrogen) atoms. The van der Waals surface area contributed by atoms with Crippen molar-refractivity contribution >= 4 is 5.91 Å². The van der Waals surface area contributed by atoms with Crippen LogP contribution in [0.3, 0.4) is 0 Å². The number of hydrogen-bond donors (Lipinski definition) is 0. The molecule has 1 atom stereocenters. The summed E-state index contributed by atoms with van der Waals surface area (Å²) in [5.74, 6) is 0.421. The third-order valence-corrected chi connectivity index (χ3v) is 4.51. The molecule has 122 valence electrons. The molecule has 1 aromatic heterocycles. The Labute approximate surface area is 132 Å². The fourth-order valence-electron chi connectivity index (χ4n) is 2.99. The van der Waals surface area contributed by atoms with E-state index in [2.05, 4.69) is 19.0 Å². The van der Waals surface area contributed by atoms with Crippen molar-refractivity contribution in [3.63, 3.8) is 0 Å². The van der Waals surface area contributed by atoms with Gasteiger partial charge < -0.3 is 14.4 Å². The second-order valence-electron chi connectivity index (χ2n) is 6.66. The minimum absolute atomic E-state index is 0.116. The Kier molecular flexibility index (Phi) is 5.40. The van der Waals surface area contributed by atoms with E-state index in [1.807, 2.05) is 23.4 Å². The molecule has 0 bridgehead atoms. The predicted molar refractivity (Wildman–Crippen MR) is 88.2 cm³/mol. The maximum Gasteiger partial charge on any atom is 0.259 e. The van der Waals surface area contributed by atoms with Gasteiger partial charge in [0.2, 0.25) is 0 Å². The van der Waals surface area contributed by atoms with E-state index in [1.165, 1.54) is 6.42 Å². The largest absolute Gasteiger partial charge is 0.354 e. The van der Waals surface area contributed by atoms with E-state index in [9.17, 15) is 9.59 Å². The lowest BCUT2D eigenvalue weighted by atomic mass is 9.94. The van der Waals surface area contributed by atoms with Crippen LogP contribution in [0.4, 0.5) is 0 Å². The van der Waals surface area contributed by atoms with E-state index in [-0.39, 0.29) is 11.3 Å². The Morgan fingerprint density at radius 2 is 2.14 bits per heavy atom. The molecule has 1 unspecified atom stereocenters. The Balaban J connectivity index is 2.09. The lowest BCUT2D eigenvalue weighted by Crippen LogP contribution is -2.42. The highest BCUT2D eigenvalue weighted by atomic mass is 16.2. The SMILES string of the molecule is Cc1cc(=O)c(C(=O)N2CCCC(CCN(C)C)C2)cn1C. The number of hydrogen-bond acceptors (Lipinski definition) is 3. The molecule has 1 fully saturated rings. The molecule has 1 aromatic rings. The first-order chi connectivity index (χ1) is 10.4. The van der Waals surface area contributed by atoms with Crippen LogP contribution in [0.5, 0.6) is 0 Å². The van der Waals surface area contributed by atoms with E-state index in [1.54, 1.807) is 12.3 Å². The zero-order chi connectivity index (χ0) is 16.3. The molecule has 1 aliphatic heterocycles. The number of likely N-dealkylation sites (tertiary alicyclic amines) is 1. The van der Waals surface area contributed by atoms with E-state index >= 15 is 0 Å². The molecule has 1 amide bonds. The number of rotatable bonds is 4. The first-order valence-corrected chi connectivity index (χ1v) is 7.99. The van der Waals surface area contributed by atoms with Gasteiger partial charge in [0.1, 0.15) is 5.56 Å². The quantitative estimate of drug-likeness (QED) is 0.847. The van der Waals surface area contributed by atoms with Gasteiger partial charge in [-0.3, -0.25) is 9.59 Å². The summed E-state index contributed by atoms with van der Waals surface area (Å²) in [6.45, 7) is 4.44. The Hall–Kier alpha value is -1.62. The highest BCUT2D eigenvalue weighted by molar-refractivity contribution is 5.93. The summed E-state index contributed by atoms with van der Waals surface area (Å²) in [7, 11) is 6.01. The van der Waals surface area contributed by atoms with Crippen molar-refractivity contribution in [2.45, 2.75) is 26.2 Å². The van der Waals surface area contributed by atoms with Crippen LogP contribution in [0.2, 0.25) is 0 Å². The Morgan fingerprint density at radius 3 is 2.82 bits per heavy atom. The molecule has 2 heterocycles. The average Bonchev–Trinajstić information content (AvgIpc) is 2.48. The van der Waals surface area contributed by atoms with Gasteiger partial charge >= 0.3 is 0 Å². The zero-order valence-electron chi connectivity index (χ0n) is 14.1. The number of amides is 1. The molecular formula is C17H27N3O2. The van der Waals surface area contributed by atoms with Crippen LogP contribution >= 0.6 is 0 Å². The van der Waals surface area contributed by atoms with Crippen LogP contribution in [0, 0.1) is 12.8 Å². The normalized spacial score (nSPS) is 18.8. The van der Waals surface area contributed by atoms with Crippen molar-refractivity contribution in [1.82, 2.24) is 14.4 Å². The monoisotopic (exact) mass is 305 g/mol. The number of aromatic nitrogens is 1. The summed E-state index contributed by atoms with van der Waals surface area (Å²) in [5, 5.41) is 0. The number of aryl methyl sites for hydroxylation is 2. The second-order valence-corrected chi connectivity index (χ2v) is 6.66. The molecule has 1 saturated heterocycles. The summed E-state index contributed by atoms with van der Waals surface area (Å²) < 4.78 is 1.84. The van der Waals surface area contributed by atoms with Crippen LogP contribution in [0.1, 0.15) is 35.3 Å². The molecule has 0 spiro atoms. The van der Waals surface area contributed by atoms with Crippen LogP contribution in [0.15, 0.2) is 17.1 Å². The molecule has 0 radical (unpaired) electrons. The predicted octanol–water partition coefficient (Wildman–Crippen LogP) is 1.50. The highest BCUT2D eigenvalue weighted by Gasteiger charge is 2.26. The number of piperidine rings is 1. The van der Waals surface area contributed by atoms with Crippen molar-refractivity contribution in [1.29, 1.82) is 0 Å². The van der Waals surface area contributed by atoms with Gasteiger partial charge in [-0.25, -0.2) is 0 Å². The van der Waals surface area contributed by atoms with Crippen molar-refractivity contribution in [2.75, 3.05) is 33.7 Å². The zero-order valence-corrected chi connectivity index (χ0v) is 14.1. The van der Waals surface area contributed by atoms with E-state index < -0.39 is 0 Å². The fraction of sp³-hybridized carbons (Fsp3) is 0.647. The lowest BCUT2D eigenvalue weighted by molar-refractivity contribution is 0.0661. The lowest BCUT2D eigenvalue weighted by Gasteiger charge is -2.33. The molecule has 0 N–H and O–H groups in total. The number of carbonyl (C=O) groups excluding carboxylic acids is 1. The first kappa shape index (κ1) is 16.7. The summed E-state index contributed by atoms with van der Waals surface area (Å²) in [4.78, 5) is 28.8. The molecule has 5 heteroatoms. The number of pyridine rings is 1. The summed E-state index contributed by atoms with van der Waals surface area (Å²) in [5.41, 5.74) is 0.987. The molecule has 2 rings (SSSR count). The van der Waals surface area contributed by atoms with Crippen LogP contribution in [0.25, 0.3) is 0 Å². The Bertz CT molecular complexity index is 592. The maximum atomic E-state index is 12.7. The third-order valence-electron chi connectivity index (χ3n) is 4.51. The van der Waals surface area contributed by atoms with Crippen molar-refractivity contribution in [3.05, 3.63) is 33.7 Å². The average molecular weight is 305 g/mol. The van der Waals surface area contributed by atoms with Gasteiger partial charge in [0.15, 0.2) is 5.43 Å². The fourth-order valence-corrected chi connectivity index (χ4v) is 2.99. The van der Waals surface area contributed by atoms with Crippen molar-refractivity contribution in [3.8, 4) is 0 Å². The van der Waals surface area contributed by atoms with Gasteiger partial charge in [0, 0.05) is 38.1 Å². The number of carbonyl (C=O) groups is 1. The van der Waals surface area contributed by atoms with Crippen LogP contribution in [-0.2, 0) is 7.05 Å². The standard InChI is InChI=1S/C17H27N3O2/c1-13-10-16(21)15(12-19(13)4)17(22)20-8-5-6-14(11-20)7-9-18(2)3/h10,12,14H,5-9,11H2,1-4H3. The minimum atomic E-state index is -0.170. The molecule has 5 nitrogen and oxygen atoms in total. The highest BCUT2D eigenvalue weighted by Crippen LogP contribution is 2.21. The van der Waals surface area contributed by atoms with E-state index in [4.69, 9.17) is 0 Å². The van der Waals surface area contributed by atoms with Crippen LogP contribution < -0.4 is 5.43 Å². The summed E-state index contributed by atoms with van der Waals surface area (Å²) in [6.07, 6.45) is 4.96. The van der Waals surface area contributed by atoms with Gasteiger partial charge in [-0.1, -0.05) is 0 Å². The van der Waals surface area contributed by atoms with Gasteiger partial charge in [-0.15, -0.1) is 0 Å². The smallest absolute Gasteiger partial charge is 0.259 e. The third kappa shape index (κ3) is 3.97. The van der Waals surface area contributed by atoms with Crippen molar-refractivity contribution < 1.29 is 4.79 Å². The molecule has 0 aliphatic carbocycles. The topological polar surface area (TPSA) is 45.6 Å². The molecule has 0 saturated carbocycles. The van der Waals surface area contributed by atoms with E-state index in [0.717, 1.165) is 38.2 Å². The minimum Gasteiger partial charge on any atom is -0.354 e.